The fraction of sp³-hybridized carbons (Fsp3) is 0.625. The first-order chi connectivity index (χ1) is 7.22. The van der Waals surface area contributed by atoms with Crippen LogP contribution in [-0.4, -0.2) is 28.4 Å². The number of hydrogen-bond acceptors (Lipinski definition) is 6. The van der Waals surface area contributed by atoms with Gasteiger partial charge in [0.15, 0.2) is 0 Å². The number of unbranched alkanes of at least 4 members (excludes halogenated alkanes) is 1. The first kappa shape index (κ1) is 14.9. The second kappa shape index (κ2) is 8.12. The molecule has 0 aliphatic rings. The molecule has 3 N–H and O–H groups in total. The molecule has 0 aromatic carbocycles. The highest BCUT2D eigenvalue weighted by Crippen LogP contribution is 2.15. The van der Waals surface area contributed by atoms with Crippen molar-refractivity contribution in [2.45, 2.75) is 19.8 Å². The highest BCUT2D eigenvalue weighted by atomic mass is 35.5. The number of nitrogens with one attached hydrogen (secondary N) is 1. The molecule has 0 radical (unpaired) electrons. The predicted octanol–water partition coefficient (Wildman–Crippen LogP) is 1.04. The van der Waals surface area contributed by atoms with Gasteiger partial charge in [0, 0.05) is 11.5 Å². The van der Waals surface area contributed by atoms with E-state index in [2.05, 4.69) is 21.6 Å². The van der Waals surface area contributed by atoms with Crippen molar-refractivity contribution in [3.8, 4) is 6.01 Å². The summed E-state index contributed by atoms with van der Waals surface area (Å²) in [4.78, 5) is 14.5. The van der Waals surface area contributed by atoms with Crippen LogP contribution in [-0.2, 0) is 4.79 Å². The highest BCUT2D eigenvalue weighted by Gasteiger charge is 2.04. The van der Waals surface area contributed by atoms with Crippen molar-refractivity contribution in [3.63, 3.8) is 0 Å². The summed E-state index contributed by atoms with van der Waals surface area (Å²) in [6.07, 6.45) is 2.04. The molecule has 0 fully saturated rings. The average Bonchev–Trinajstić information content (AvgIpc) is 2.63. The summed E-state index contributed by atoms with van der Waals surface area (Å²) in [6.45, 7) is 2.75. The molecule has 0 aliphatic heterocycles. The van der Waals surface area contributed by atoms with Crippen LogP contribution in [0.15, 0.2) is 0 Å². The third-order valence-corrected chi connectivity index (χ3v) is 2.21. The van der Waals surface area contributed by atoms with Gasteiger partial charge in [-0.25, -0.2) is 0 Å². The van der Waals surface area contributed by atoms with Crippen LogP contribution in [0.4, 0.5) is 5.13 Å². The van der Waals surface area contributed by atoms with Crippen molar-refractivity contribution in [2.24, 2.45) is 5.73 Å². The van der Waals surface area contributed by atoms with E-state index in [-0.39, 0.29) is 19.0 Å². The Bertz CT molecular complexity index is 321. The van der Waals surface area contributed by atoms with E-state index in [0.29, 0.717) is 17.7 Å². The number of hydrogen-bond donors (Lipinski definition) is 2. The molecule has 0 atom stereocenters. The van der Waals surface area contributed by atoms with Gasteiger partial charge in [-0.3, -0.25) is 4.79 Å². The monoisotopic (exact) mass is 266 g/mol. The van der Waals surface area contributed by atoms with Crippen LogP contribution in [0.1, 0.15) is 19.8 Å². The maximum Gasteiger partial charge on any atom is 0.330 e. The van der Waals surface area contributed by atoms with Crippen molar-refractivity contribution in [1.29, 1.82) is 0 Å². The lowest BCUT2D eigenvalue weighted by molar-refractivity contribution is -0.116. The van der Waals surface area contributed by atoms with Gasteiger partial charge in [-0.1, -0.05) is 13.3 Å². The summed E-state index contributed by atoms with van der Waals surface area (Å²) < 4.78 is 9.23. The molecule has 1 heterocycles. The first-order valence-electron chi connectivity index (χ1n) is 4.71. The Morgan fingerprint density at radius 2 is 2.38 bits per heavy atom. The Hall–Kier alpha value is -1.08. The molecule has 6 nitrogen and oxygen atoms in total. The molecule has 0 bridgehead atoms. The Morgan fingerprint density at radius 1 is 1.62 bits per heavy atom. The minimum Gasteiger partial charge on any atom is -0.463 e. The number of halogens is 1. The molecule has 0 aliphatic carbocycles. The van der Waals surface area contributed by atoms with Crippen LogP contribution >= 0.6 is 23.9 Å². The molecule has 0 unspecified atom stereocenters. The second-order valence-corrected chi connectivity index (χ2v) is 3.66. The molecule has 0 saturated carbocycles. The Kier molecular flexibility index (Phi) is 7.57. The van der Waals surface area contributed by atoms with E-state index in [9.17, 15) is 4.79 Å². The lowest BCUT2D eigenvalue weighted by Gasteiger charge is -1.98. The first-order valence-corrected chi connectivity index (χ1v) is 5.48. The van der Waals surface area contributed by atoms with Crippen molar-refractivity contribution >= 4 is 35.0 Å². The number of carbonyl (C=O) groups is 1. The molecule has 1 aromatic rings. The third-order valence-electron chi connectivity index (χ3n) is 1.55. The van der Waals surface area contributed by atoms with Crippen LogP contribution in [0.25, 0.3) is 0 Å². The van der Waals surface area contributed by atoms with E-state index in [1.807, 2.05) is 0 Å². The maximum absolute atomic E-state index is 10.5. The number of carbonyl (C=O) groups excluding carboxylic acids is 1. The summed E-state index contributed by atoms with van der Waals surface area (Å²) in [5.41, 5.74) is 4.97. The summed E-state index contributed by atoms with van der Waals surface area (Å²) >= 11 is 1.14. The van der Waals surface area contributed by atoms with Gasteiger partial charge < -0.3 is 15.8 Å². The largest absolute Gasteiger partial charge is 0.463 e. The molecule has 1 rings (SSSR count). The third kappa shape index (κ3) is 5.72. The van der Waals surface area contributed by atoms with Crippen molar-refractivity contribution in [3.05, 3.63) is 0 Å². The number of ether oxygens (including phenoxy) is 1. The Labute approximate surface area is 104 Å². The number of nitrogens with two attached hydrogens (primary N) is 1. The Balaban J connectivity index is 0.00000225. The fourth-order valence-corrected chi connectivity index (χ4v) is 1.32. The maximum atomic E-state index is 10.5. The molecule has 0 saturated heterocycles. The molecular formula is C8H15ClN4O2S. The van der Waals surface area contributed by atoms with Crippen LogP contribution < -0.4 is 15.8 Å². The van der Waals surface area contributed by atoms with Crippen LogP contribution in [0.3, 0.4) is 0 Å². The normalized spacial score (nSPS) is 9.31. The number of amides is 1. The van der Waals surface area contributed by atoms with E-state index in [0.717, 1.165) is 24.4 Å². The van der Waals surface area contributed by atoms with Gasteiger partial charge in [-0.2, -0.15) is 4.98 Å². The van der Waals surface area contributed by atoms with E-state index in [1.54, 1.807) is 0 Å². The Morgan fingerprint density at radius 3 is 3.00 bits per heavy atom. The fourth-order valence-electron chi connectivity index (χ4n) is 0.811. The molecule has 16 heavy (non-hydrogen) atoms. The number of anilines is 1. The van der Waals surface area contributed by atoms with Gasteiger partial charge in [0.1, 0.15) is 0 Å². The minimum absolute atomic E-state index is 0. The van der Waals surface area contributed by atoms with Gasteiger partial charge in [-0.15, -0.1) is 16.8 Å². The van der Waals surface area contributed by atoms with E-state index < -0.39 is 5.91 Å². The molecule has 8 heteroatoms. The van der Waals surface area contributed by atoms with Gasteiger partial charge >= 0.3 is 6.01 Å². The van der Waals surface area contributed by atoms with Crippen molar-refractivity contribution in [1.82, 2.24) is 9.36 Å². The van der Waals surface area contributed by atoms with Crippen molar-refractivity contribution in [2.75, 3.05) is 18.5 Å². The summed E-state index contributed by atoms with van der Waals surface area (Å²) in [7, 11) is 0. The van der Waals surface area contributed by atoms with Crippen molar-refractivity contribution < 1.29 is 9.53 Å². The number of aromatic nitrogens is 2. The molecule has 0 spiro atoms. The molecule has 1 aromatic heterocycles. The standard InChI is InChI=1S/C8H14N4O2S.ClH/c1-2-3-4-14-7-11-8(15-12-7)10-5-6(9)13;/h2-5H2,1H3,(H2,9,13)(H,10,11,12);1H. The van der Waals surface area contributed by atoms with Crippen LogP contribution in [0.5, 0.6) is 6.01 Å². The lowest BCUT2D eigenvalue weighted by atomic mass is 10.4. The van der Waals surface area contributed by atoms with Gasteiger partial charge in [0.2, 0.25) is 11.0 Å². The lowest BCUT2D eigenvalue weighted by Crippen LogP contribution is -2.21. The zero-order valence-corrected chi connectivity index (χ0v) is 10.6. The molecular weight excluding hydrogens is 252 g/mol. The summed E-state index contributed by atoms with van der Waals surface area (Å²) in [5.74, 6) is -0.432. The highest BCUT2D eigenvalue weighted by molar-refractivity contribution is 7.09. The molecule has 1 amide bonds. The summed E-state index contributed by atoms with van der Waals surface area (Å²) in [5, 5.41) is 3.29. The minimum atomic E-state index is -0.432. The smallest absolute Gasteiger partial charge is 0.330 e. The van der Waals surface area contributed by atoms with Crippen LogP contribution in [0.2, 0.25) is 0 Å². The van der Waals surface area contributed by atoms with Gasteiger partial charge in [-0.05, 0) is 6.42 Å². The zero-order chi connectivity index (χ0) is 11.1. The number of nitrogens with zero attached hydrogens (tertiary/aromatic N) is 2. The summed E-state index contributed by atoms with van der Waals surface area (Å²) in [6, 6.07) is 0.348. The number of rotatable bonds is 7. The van der Waals surface area contributed by atoms with E-state index in [1.165, 1.54) is 0 Å². The van der Waals surface area contributed by atoms with Gasteiger partial charge in [0.25, 0.3) is 0 Å². The SMILES string of the molecule is CCCCOc1nsc(NCC(N)=O)n1.Cl. The van der Waals surface area contributed by atoms with E-state index in [4.69, 9.17) is 10.5 Å². The van der Waals surface area contributed by atoms with E-state index >= 15 is 0 Å². The quantitative estimate of drug-likeness (QED) is 0.720. The zero-order valence-electron chi connectivity index (χ0n) is 8.93. The number of primary amides is 1. The second-order valence-electron chi connectivity index (χ2n) is 2.90. The molecule has 92 valence electrons. The van der Waals surface area contributed by atoms with Gasteiger partial charge in [0.05, 0.1) is 13.2 Å². The topological polar surface area (TPSA) is 90.1 Å². The predicted molar refractivity (Wildman–Crippen MR) is 65.2 cm³/mol. The van der Waals surface area contributed by atoms with Crippen LogP contribution in [0, 0.1) is 0 Å². The average molecular weight is 267 g/mol.